The highest BCUT2D eigenvalue weighted by Crippen LogP contribution is 2.27. The maximum Gasteiger partial charge on any atom is 0.125 e. The third kappa shape index (κ3) is 3.43. The summed E-state index contributed by atoms with van der Waals surface area (Å²) in [6.45, 7) is 0.914. The van der Waals surface area contributed by atoms with Crippen molar-refractivity contribution in [3.05, 3.63) is 72.6 Å². The Morgan fingerprint density at radius 2 is 1.91 bits per heavy atom. The van der Waals surface area contributed by atoms with Crippen molar-refractivity contribution in [3.8, 4) is 5.75 Å². The minimum absolute atomic E-state index is 0.0490. The number of nitrogens with zero attached hydrogens (tertiary/aromatic N) is 1. The molecule has 0 spiro atoms. The summed E-state index contributed by atoms with van der Waals surface area (Å²) in [5.74, 6) is 0.892. The van der Waals surface area contributed by atoms with E-state index in [0.717, 1.165) is 29.5 Å². The number of ether oxygens (including phenoxy) is 1. The first-order valence-corrected chi connectivity index (χ1v) is 7.57. The Labute approximate surface area is 131 Å². The number of hydrogen-bond acceptors (Lipinski definition) is 3. The molecule has 0 fully saturated rings. The Morgan fingerprint density at radius 1 is 1.05 bits per heavy atom. The maximum atomic E-state index is 6.25. The van der Waals surface area contributed by atoms with E-state index < -0.39 is 0 Å². The number of aromatic nitrogens is 1. The Hall–Kier alpha value is -2.39. The second kappa shape index (κ2) is 7.05. The molecule has 0 aliphatic carbocycles. The van der Waals surface area contributed by atoms with Gasteiger partial charge in [-0.15, -0.1) is 0 Å². The summed E-state index contributed by atoms with van der Waals surface area (Å²) in [7, 11) is 1.96. The molecule has 3 aromatic rings. The van der Waals surface area contributed by atoms with Crippen molar-refractivity contribution in [2.45, 2.75) is 12.5 Å². The first kappa shape index (κ1) is 14.5. The van der Waals surface area contributed by atoms with Crippen molar-refractivity contribution in [1.82, 2.24) is 10.3 Å². The molecule has 0 saturated carbocycles. The van der Waals surface area contributed by atoms with Crippen molar-refractivity contribution < 1.29 is 4.74 Å². The van der Waals surface area contributed by atoms with Crippen molar-refractivity contribution in [1.29, 1.82) is 0 Å². The number of hydrogen-bond donors (Lipinski definition) is 1. The van der Waals surface area contributed by atoms with E-state index in [4.69, 9.17) is 4.74 Å². The molecule has 22 heavy (non-hydrogen) atoms. The molecule has 1 atom stereocenters. The van der Waals surface area contributed by atoms with Gasteiger partial charge in [0.15, 0.2) is 0 Å². The highest BCUT2D eigenvalue weighted by Gasteiger charge is 2.13. The van der Waals surface area contributed by atoms with Crippen LogP contribution in [-0.2, 0) is 0 Å². The summed E-state index contributed by atoms with van der Waals surface area (Å²) in [4.78, 5) is 4.14. The van der Waals surface area contributed by atoms with Crippen molar-refractivity contribution in [3.63, 3.8) is 0 Å². The SMILES string of the molecule is CNCC[C@@H](Oc1ccc2cnccc2c1)c1ccccc1. The zero-order valence-corrected chi connectivity index (χ0v) is 12.7. The lowest BCUT2D eigenvalue weighted by atomic mass is 10.1. The smallest absolute Gasteiger partial charge is 0.125 e. The van der Waals surface area contributed by atoms with E-state index in [1.807, 2.05) is 37.6 Å². The lowest BCUT2D eigenvalue weighted by Crippen LogP contribution is -2.16. The van der Waals surface area contributed by atoms with Gasteiger partial charge in [0, 0.05) is 24.2 Å². The van der Waals surface area contributed by atoms with Crippen LogP contribution in [-0.4, -0.2) is 18.6 Å². The Bertz CT molecular complexity index is 728. The van der Waals surface area contributed by atoms with Gasteiger partial charge in [-0.25, -0.2) is 0 Å². The van der Waals surface area contributed by atoms with E-state index in [1.54, 1.807) is 0 Å². The van der Waals surface area contributed by atoms with Crippen LogP contribution >= 0.6 is 0 Å². The number of rotatable bonds is 6. The molecule has 0 aliphatic rings. The quantitative estimate of drug-likeness (QED) is 0.746. The third-order valence-electron chi connectivity index (χ3n) is 3.72. The summed E-state index contributed by atoms with van der Waals surface area (Å²) < 4.78 is 6.25. The van der Waals surface area contributed by atoms with Crippen molar-refractivity contribution in [2.75, 3.05) is 13.6 Å². The van der Waals surface area contributed by atoms with E-state index in [-0.39, 0.29) is 6.10 Å². The number of nitrogens with one attached hydrogen (secondary N) is 1. The molecular formula is C19H20N2O. The predicted octanol–water partition coefficient (Wildman–Crippen LogP) is 3.96. The average molecular weight is 292 g/mol. The Morgan fingerprint density at radius 3 is 2.73 bits per heavy atom. The molecule has 1 aromatic heterocycles. The van der Waals surface area contributed by atoms with E-state index >= 15 is 0 Å². The highest BCUT2D eigenvalue weighted by atomic mass is 16.5. The lowest BCUT2D eigenvalue weighted by Gasteiger charge is -2.20. The molecular weight excluding hydrogens is 272 g/mol. The summed E-state index contributed by atoms with van der Waals surface area (Å²) in [5, 5.41) is 5.47. The van der Waals surface area contributed by atoms with Gasteiger partial charge < -0.3 is 10.1 Å². The summed E-state index contributed by atoms with van der Waals surface area (Å²) >= 11 is 0. The maximum absolute atomic E-state index is 6.25. The van der Waals surface area contributed by atoms with Gasteiger partial charge in [-0.2, -0.15) is 0 Å². The zero-order valence-electron chi connectivity index (χ0n) is 12.7. The van der Waals surface area contributed by atoms with Crippen molar-refractivity contribution in [2.24, 2.45) is 0 Å². The molecule has 0 unspecified atom stereocenters. The normalized spacial score (nSPS) is 12.2. The van der Waals surface area contributed by atoms with Crippen molar-refractivity contribution >= 4 is 10.8 Å². The van der Waals surface area contributed by atoms with E-state index in [0.29, 0.717) is 0 Å². The third-order valence-corrected chi connectivity index (χ3v) is 3.72. The van der Waals surface area contributed by atoms with Gasteiger partial charge in [0.2, 0.25) is 0 Å². The molecule has 112 valence electrons. The fourth-order valence-corrected chi connectivity index (χ4v) is 2.54. The van der Waals surface area contributed by atoms with Gasteiger partial charge in [0.25, 0.3) is 0 Å². The topological polar surface area (TPSA) is 34.1 Å². The highest BCUT2D eigenvalue weighted by molar-refractivity contribution is 5.82. The van der Waals surface area contributed by atoms with Crippen LogP contribution in [0, 0.1) is 0 Å². The molecule has 0 saturated heterocycles. The van der Waals surface area contributed by atoms with Gasteiger partial charge >= 0.3 is 0 Å². The van der Waals surface area contributed by atoms with Crippen LogP contribution < -0.4 is 10.1 Å². The minimum atomic E-state index is 0.0490. The van der Waals surface area contributed by atoms with E-state index in [9.17, 15) is 0 Å². The number of pyridine rings is 1. The molecule has 3 rings (SSSR count). The lowest BCUT2D eigenvalue weighted by molar-refractivity contribution is 0.195. The van der Waals surface area contributed by atoms with Gasteiger partial charge in [0.1, 0.15) is 11.9 Å². The predicted molar refractivity (Wildman–Crippen MR) is 90.1 cm³/mol. The standard InChI is InChI=1S/C19H20N2O/c1-20-11-10-19(15-5-3-2-4-6-15)22-18-8-7-17-14-21-12-9-16(17)13-18/h2-9,12-14,19-20H,10-11H2,1H3/t19-/m1/s1. The fraction of sp³-hybridized carbons (Fsp3) is 0.211. The van der Waals surface area contributed by atoms with Gasteiger partial charge in [-0.05, 0) is 48.8 Å². The molecule has 1 N–H and O–H groups in total. The van der Waals surface area contributed by atoms with Gasteiger partial charge in [-0.3, -0.25) is 4.98 Å². The van der Waals surface area contributed by atoms with Crippen LogP contribution in [0.4, 0.5) is 0 Å². The molecule has 0 amide bonds. The molecule has 1 heterocycles. The van der Waals surface area contributed by atoms with Crippen LogP contribution in [0.2, 0.25) is 0 Å². The number of fused-ring (bicyclic) bond motifs is 1. The number of benzene rings is 2. The first-order chi connectivity index (χ1) is 10.9. The fourth-order valence-electron chi connectivity index (χ4n) is 2.54. The summed E-state index contributed by atoms with van der Waals surface area (Å²) in [6.07, 6.45) is 4.65. The minimum Gasteiger partial charge on any atom is -0.486 e. The molecule has 2 aromatic carbocycles. The Balaban J connectivity index is 1.84. The summed E-state index contributed by atoms with van der Waals surface area (Å²) in [6, 6.07) is 18.5. The second-order valence-electron chi connectivity index (χ2n) is 5.29. The van der Waals surface area contributed by atoms with Crippen LogP contribution in [0.5, 0.6) is 5.75 Å². The average Bonchev–Trinajstić information content (AvgIpc) is 2.59. The van der Waals surface area contributed by atoms with Gasteiger partial charge in [-0.1, -0.05) is 30.3 Å². The summed E-state index contributed by atoms with van der Waals surface area (Å²) in [5.41, 5.74) is 1.20. The van der Waals surface area contributed by atoms with Gasteiger partial charge in [0.05, 0.1) is 0 Å². The molecule has 3 nitrogen and oxygen atoms in total. The molecule has 3 heteroatoms. The Kier molecular flexibility index (Phi) is 4.66. The molecule has 0 radical (unpaired) electrons. The van der Waals surface area contributed by atoms with Crippen LogP contribution in [0.1, 0.15) is 18.1 Å². The van der Waals surface area contributed by atoms with Crippen LogP contribution in [0.3, 0.4) is 0 Å². The van der Waals surface area contributed by atoms with E-state index in [1.165, 1.54) is 5.56 Å². The first-order valence-electron chi connectivity index (χ1n) is 7.57. The largest absolute Gasteiger partial charge is 0.486 e. The molecule has 0 aliphatic heterocycles. The monoisotopic (exact) mass is 292 g/mol. The van der Waals surface area contributed by atoms with Crippen LogP contribution in [0.15, 0.2) is 67.0 Å². The molecule has 0 bridgehead atoms. The second-order valence-corrected chi connectivity index (χ2v) is 5.29. The van der Waals surface area contributed by atoms with Crippen LogP contribution in [0.25, 0.3) is 10.8 Å². The zero-order chi connectivity index (χ0) is 15.2. The van der Waals surface area contributed by atoms with E-state index in [2.05, 4.69) is 46.7 Å².